The second-order valence-electron chi connectivity index (χ2n) is 13.2. The van der Waals surface area contributed by atoms with E-state index in [1.807, 2.05) is 18.7 Å². The number of hydrogen-bond acceptors (Lipinski definition) is 9. The average molecular weight is 657 g/mol. The first kappa shape index (κ1) is 30.3. The second kappa shape index (κ2) is 11.0. The lowest BCUT2D eigenvalue weighted by Crippen LogP contribution is -2.63. The fourth-order valence-electron chi connectivity index (χ4n) is 8.10. The molecule has 2 N–H and O–H groups in total. The van der Waals surface area contributed by atoms with Crippen LogP contribution in [0.1, 0.15) is 39.5 Å². The van der Waals surface area contributed by atoms with Crippen LogP contribution in [0.25, 0.3) is 32.9 Å². The molecule has 4 aliphatic heterocycles. The van der Waals surface area contributed by atoms with Crippen molar-refractivity contribution in [1.82, 2.24) is 25.2 Å². The Bertz CT molecular complexity index is 1930. The van der Waals surface area contributed by atoms with E-state index in [1.54, 1.807) is 0 Å². The first-order valence-electron chi connectivity index (χ1n) is 16.0. The van der Waals surface area contributed by atoms with E-state index in [0.29, 0.717) is 25.3 Å². The summed E-state index contributed by atoms with van der Waals surface area (Å²) in [5, 5.41) is 13.6. The van der Waals surface area contributed by atoms with Crippen molar-refractivity contribution < 1.29 is 36.5 Å². The SMILES string of the molecule is CC[C@@H]1N[C@H](C)CN2c3nc(OC[C@@]45CCCN4C[C@H](F)C5)nc4c(F)c(-c5cc(O)cc6cc(F)c(F)c(F)c56)nc(c34)OC[C@H]12. The van der Waals surface area contributed by atoms with E-state index in [4.69, 9.17) is 14.5 Å². The van der Waals surface area contributed by atoms with Crippen molar-refractivity contribution in [3.63, 3.8) is 0 Å². The number of phenolic OH excluding ortho intramolecular Hbond substituents is 1. The number of benzene rings is 2. The molecule has 0 aliphatic carbocycles. The van der Waals surface area contributed by atoms with Crippen LogP contribution in [0.4, 0.5) is 27.8 Å². The van der Waals surface area contributed by atoms with E-state index in [-0.39, 0.29) is 65.1 Å². The summed E-state index contributed by atoms with van der Waals surface area (Å²) in [7, 11) is 0. The lowest BCUT2D eigenvalue weighted by atomic mass is 9.95. The number of rotatable bonds is 5. The van der Waals surface area contributed by atoms with Crippen molar-refractivity contribution in [3.05, 3.63) is 41.5 Å². The maximum absolute atomic E-state index is 16.9. The Morgan fingerprint density at radius 1 is 1.06 bits per heavy atom. The molecule has 0 unspecified atom stereocenters. The highest BCUT2D eigenvalue weighted by Gasteiger charge is 2.49. The van der Waals surface area contributed by atoms with Crippen molar-refractivity contribution in [2.45, 2.75) is 69.4 Å². The number of hydrogen-bond donors (Lipinski definition) is 2. The number of halogens is 5. The largest absolute Gasteiger partial charge is 0.508 e. The number of piperazine rings is 1. The molecular weight excluding hydrogens is 623 g/mol. The summed E-state index contributed by atoms with van der Waals surface area (Å²) in [6.45, 7) is 5.92. The van der Waals surface area contributed by atoms with Gasteiger partial charge in [0.05, 0.1) is 11.6 Å². The van der Waals surface area contributed by atoms with Crippen LogP contribution in [0, 0.1) is 23.3 Å². The summed E-state index contributed by atoms with van der Waals surface area (Å²) in [6, 6.07) is 2.48. The van der Waals surface area contributed by atoms with Gasteiger partial charge in [-0.05, 0) is 56.3 Å². The Morgan fingerprint density at radius 2 is 1.89 bits per heavy atom. The number of phenols is 1. The van der Waals surface area contributed by atoms with Gasteiger partial charge in [-0.15, -0.1) is 0 Å². The molecule has 5 atom stereocenters. The zero-order chi connectivity index (χ0) is 32.8. The Hall–Kier alpha value is -4.04. The summed E-state index contributed by atoms with van der Waals surface area (Å²) in [5.41, 5.74) is -1.55. The quantitative estimate of drug-likeness (QED) is 0.216. The highest BCUT2D eigenvalue weighted by Crippen LogP contribution is 2.45. The van der Waals surface area contributed by atoms with Gasteiger partial charge >= 0.3 is 6.01 Å². The van der Waals surface area contributed by atoms with E-state index >= 15 is 8.78 Å². The molecular formula is C33H33F5N6O3. The summed E-state index contributed by atoms with van der Waals surface area (Å²) < 4.78 is 87.8. The third kappa shape index (κ3) is 4.73. The molecule has 0 spiro atoms. The monoisotopic (exact) mass is 656 g/mol. The molecule has 3 saturated heterocycles. The molecule has 0 saturated carbocycles. The highest BCUT2D eigenvalue weighted by molar-refractivity contribution is 6.02. The summed E-state index contributed by atoms with van der Waals surface area (Å²) in [4.78, 5) is 17.8. The summed E-state index contributed by atoms with van der Waals surface area (Å²) >= 11 is 0. The van der Waals surface area contributed by atoms with Crippen molar-refractivity contribution in [3.8, 4) is 28.9 Å². The number of aromatic hydroxyl groups is 1. The maximum Gasteiger partial charge on any atom is 0.319 e. The lowest BCUT2D eigenvalue weighted by molar-refractivity contribution is 0.107. The van der Waals surface area contributed by atoms with Crippen molar-refractivity contribution in [2.24, 2.45) is 0 Å². The van der Waals surface area contributed by atoms with Crippen LogP contribution >= 0.6 is 0 Å². The van der Waals surface area contributed by atoms with Gasteiger partial charge in [0.25, 0.3) is 0 Å². The van der Waals surface area contributed by atoms with Gasteiger partial charge in [-0.1, -0.05) is 6.92 Å². The zero-order valence-corrected chi connectivity index (χ0v) is 25.8. The second-order valence-corrected chi connectivity index (χ2v) is 13.2. The summed E-state index contributed by atoms with van der Waals surface area (Å²) in [6.07, 6.45) is 1.75. The third-order valence-electron chi connectivity index (χ3n) is 10.2. The van der Waals surface area contributed by atoms with Gasteiger partial charge in [0.15, 0.2) is 23.3 Å². The molecule has 3 fully saturated rings. The van der Waals surface area contributed by atoms with Crippen LogP contribution in [-0.2, 0) is 0 Å². The molecule has 2 aromatic carbocycles. The van der Waals surface area contributed by atoms with Crippen LogP contribution in [0.2, 0.25) is 0 Å². The number of fused-ring (bicyclic) bond motifs is 4. The minimum absolute atomic E-state index is 0.0142. The fourth-order valence-corrected chi connectivity index (χ4v) is 8.10. The molecule has 248 valence electrons. The average Bonchev–Trinajstić information content (AvgIpc) is 3.52. The molecule has 6 heterocycles. The van der Waals surface area contributed by atoms with Gasteiger partial charge in [-0.2, -0.15) is 9.97 Å². The molecule has 0 amide bonds. The van der Waals surface area contributed by atoms with Crippen LogP contribution < -0.4 is 19.7 Å². The zero-order valence-electron chi connectivity index (χ0n) is 25.8. The minimum Gasteiger partial charge on any atom is -0.508 e. The molecule has 0 bridgehead atoms. The third-order valence-corrected chi connectivity index (χ3v) is 10.2. The molecule has 47 heavy (non-hydrogen) atoms. The number of nitrogens with zero attached hydrogens (tertiary/aromatic N) is 5. The van der Waals surface area contributed by atoms with E-state index in [2.05, 4.69) is 20.2 Å². The number of alkyl halides is 1. The number of pyridine rings is 1. The lowest BCUT2D eigenvalue weighted by Gasteiger charge is -2.44. The normalized spacial score (nSPS) is 27.2. The topological polar surface area (TPSA) is 95.9 Å². The molecule has 0 radical (unpaired) electrons. The fraction of sp³-hybridized carbons (Fsp3) is 0.485. The van der Waals surface area contributed by atoms with Crippen molar-refractivity contribution >= 4 is 27.5 Å². The van der Waals surface area contributed by atoms with Crippen molar-refractivity contribution in [1.29, 1.82) is 0 Å². The highest BCUT2D eigenvalue weighted by atomic mass is 19.2. The Labute approximate surface area is 266 Å². The van der Waals surface area contributed by atoms with Gasteiger partial charge in [0, 0.05) is 42.5 Å². The predicted molar refractivity (Wildman–Crippen MR) is 164 cm³/mol. The van der Waals surface area contributed by atoms with Crippen LogP contribution in [0.15, 0.2) is 18.2 Å². The number of anilines is 1. The smallest absolute Gasteiger partial charge is 0.319 e. The van der Waals surface area contributed by atoms with E-state index in [1.165, 1.54) is 0 Å². The van der Waals surface area contributed by atoms with Gasteiger partial charge in [0.2, 0.25) is 5.88 Å². The molecule has 9 nitrogen and oxygen atoms in total. The predicted octanol–water partition coefficient (Wildman–Crippen LogP) is 5.40. The number of aromatic nitrogens is 3. The van der Waals surface area contributed by atoms with Crippen LogP contribution in [-0.4, -0.2) is 87.6 Å². The Kier molecular flexibility index (Phi) is 7.10. The van der Waals surface area contributed by atoms with E-state index < -0.39 is 51.8 Å². The standard InChI is InChI=1S/C33H33F5N6O3/c1-3-21-22-13-46-31-24-29(27(38)28(40-31)19-9-18(45)7-16-8-20(35)25(36)26(37)23(16)19)41-32(42-30(24)44(22)11-15(2)39-21)47-14-33-5-4-6-43(33)12-17(34)10-33/h7-9,15,17,21-22,39,45H,3-6,10-14H2,1-2H3/t15-,17-,21+,22-,33+/m1/s1. The van der Waals surface area contributed by atoms with Crippen LogP contribution in [0.3, 0.4) is 0 Å². The minimum atomic E-state index is -1.74. The molecule has 8 rings (SSSR count). The molecule has 4 aliphatic rings. The van der Waals surface area contributed by atoms with Crippen LogP contribution in [0.5, 0.6) is 17.6 Å². The maximum atomic E-state index is 16.9. The van der Waals surface area contributed by atoms with Crippen molar-refractivity contribution in [2.75, 3.05) is 37.7 Å². The molecule has 2 aromatic heterocycles. The number of nitrogens with one attached hydrogen (secondary N) is 1. The Morgan fingerprint density at radius 3 is 2.70 bits per heavy atom. The van der Waals surface area contributed by atoms with Gasteiger partial charge in [-0.25, -0.2) is 26.9 Å². The number of ether oxygens (including phenoxy) is 2. The van der Waals surface area contributed by atoms with Gasteiger partial charge < -0.3 is 24.8 Å². The Balaban J connectivity index is 1.34. The van der Waals surface area contributed by atoms with Gasteiger partial charge in [-0.3, -0.25) is 4.90 Å². The molecule has 14 heteroatoms. The van der Waals surface area contributed by atoms with E-state index in [9.17, 15) is 18.3 Å². The van der Waals surface area contributed by atoms with E-state index in [0.717, 1.165) is 44.0 Å². The summed E-state index contributed by atoms with van der Waals surface area (Å²) in [5.74, 6) is -5.90. The first-order valence-corrected chi connectivity index (χ1v) is 16.0. The molecule has 4 aromatic rings. The van der Waals surface area contributed by atoms with Gasteiger partial charge in [0.1, 0.15) is 47.5 Å². The first-order chi connectivity index (χ1) is 22.6.